The molecule has 0 saturated carbocycles. The summed E-state index contributed by atoms with van der Waals surface area (Å²) in [7, 11) is 0. The monoisotopic (exact) mass is 714 g/mol. The van der Waals surface area contributed by atoms with Gasteiger partial charge in [0, 0.05) is 33.0 Å². The lowest BCUT2D eigenvalue weighted by molar-refractivity contribution is 0.729. The lowest BCUT2D eigenvalue weighted by atomic mass is 9.61. The van der Waals surface area contributed by atoms with Crippen molar-refractivity contribution < 1.29 is 0 Å². The molecule has 10 aromatic rings. The summed E-state index contributed by atoms with van der Waals surface area (Å²) >= 11 is 0. The van der Waals surface area contributed by atoms with E-state index in [1.807, 2.05) is 36.4 Å². The highest BCUT2D eigenvalue weighted by Gasteiger charge is 2.47. The molecule has 3 heterocycles. The van der Waals surface area contributed by atoms with Crippen LogP contribution >= 0.6 is 0 Å². The first-order valence-corrected chi connectivity index (χ1v) is 19.0. The zero-order chi connectivity index (χ0) is 37.1. The summed E-state index contributed by atoms with van der Waals surface area (Å²) < 4.78 is 2.49. The highest BCUT2D eigenvalue weighted by atomic mass is 15.0. The number of fused-ring (bicyclic) bond motifs is 5. The molecular formula is C52H34N4. The molecular weight excluding hydrogens is 681 g/mol. The molecule has 56 heavy (non-hydrogen) atoms. The Balaban J connectivity index is 1.30. The molecule has 0 fully saturated rings. The number of para-hydroxylation sites is 1. The normalized spacial score (nSPS) is 12.8. The van der Waals surface area contributed by atoms with E-state index in [-0.39, 0.29) is 0 Å². The van der Waals surface area contributed by atoms with Crippen molar-refractivity contribution in [3.05, 3.63) is 229 Å². The Kier molecular flexibility index (Phi) is 7.36. The summed E-state index contributed by atoms with van der Waals surface area (Å²) in [6.07, 6.45) is 0. The molecule has 8 aromatic carbocycles. The maximum Gasteiger partial charge on any atom is 0.164 e. The van der Waals surface area contributed by atoms with Crippen LogP contribution in [0.3, 0.4) is 0 Å². The number of nitrogens with zero attached hydrogens (tertiary/aromatic N) is 4. The molecule has 1 aliphatic heterocycles. The molecule has 1 aliphatic rings. The van der Waals surface area contributed by atoms with Crippen LogP contribution in [-0.4, -0.2) is 19.5 Å². The van der Waals surface area contributed by atoms with Crippen LogP contribution in [0.1, 0.15) is 22.3 Å². The second-order valence-electron chi connectivity index (χ2n) is 14.4. The highest BCUT2D eigenvalue weighted by Crippen LogP contribution is 2.57. The second-order valence-corrected chi connectivity index (χ2v) is 14.4. The molecule has 0 unspecified atom stereocenters. The van der Waals surface area contributed by atoms with Gasteiger partial charge < -0.3 is 4.57 Å². The minimum Gasteiger partial charge on any atom is -0.309 e. The van der Waals surface area contributed by atoms with Crippen LogP contribution in [0.2, 0.25) is 0 Å². The van der Waals surface area contributed by atoms with E-state index in [1.165, 1.54) is 49.6 Å². The standard InChI is InChI=1S/C52H34N4/c1-6-18-35(19-7-1)41-31-32-43-42-28-16-17-29-45(42)56-46-33-30-38(51-54-49(36-20-8-2-9-21-36)53-50(55-51)37-22-10-3-11-23-37)34-44(46)52(47(41)48(43)56,39-24-12-4-13-25-39)40-26-14-5-15-27-40/h1-34H. The predicted octanol–water partition coefficient (Wildman–Crippen LogP) is 12.3. The van der Waals surface area contributed by atoms with Gasteiger partial charge in [0.05, 0.1) is 22.1 Å². The molecule has 0 radical (unpaired) electrons. The van der Waals surface area contributed by atoms with Crippen molar-refractivity contribution in [2.45, 2.75) is 5.41 Å². The van der Waals surface area contributed by atoms with Crippen LogP contribution in [0.4, 0.5) is 0 Å². The molecule has 2 aromatic heterocycles. The van der Waals surface area contributed by atoms with Crippen molar-refractivity contribution >= 4 is 21.8 Å². The maximum atomic E-state index is 5.20. The second kappa shape index (κ2) is 12.9. The van der Waals surface area contributed by atoms with Crippen molar-refractivity contribution in [1.29, 1.82) is 0 Å². The van der Waals surface area contributed by atoms with Gasteiger partial charge in [-0.1, -0.05) is 182 Å². The summed E-state index contributed by atoms with van der Waals surface area (Å²) in [6, 6.07) is 73.5. The van der Waals surface area contributed by atoms with Gasteiger partial charge in [-0.15, -0.1) is 0 Å². The van der Waals surface area contributed by atoms with E-state index in [0.717, 1.165) is 27.9 Å². The Hall–Kier alpha value is -7.43. The third-order valence-electron chi connectivity index (χ3n) is 11.3. The van der Waals surface area contributed by atoms with Gasteiger partial charge in [-0.25, -0.2) is 15.0 Å². The molecule has 0 saturated heterocycles. The molecule has 0 bridgehead atoms. The molecule has 4 nitrogen and oxygen atoms in total. The first-order chi connectivity index (χ1) is 27.8. The van der Waals surface area contributed by atoms with E-state index in [9.17, 15) is 0 Å². The van der Waals surface area contributed by atoms with Gasteiger partial charge in [-0.3, -0.25) is 0 Å². The highest BCUT2D eigenvalue weighted by molar-refractivity contribution is 6.14. The van der Waals surface area contributed by atoms with Gasteiger partial charge >= 0.3 is 0 Å². The molecule has 0 amide bonds. The fourth-order valence-electron chi connectivity index (χ4n) is 8.93. The van der Waals surface area contributed by atoms with Crippen molar-refractivity contribution in [3.8, 4) is 51.0 Å². The molecule has 0 atom stereocenters. The maximum absolute atomic E-state index is 5.20. The molecule has 11 rings (SSSR count). The average molecular weight is 715 g/mol. The molecule has 0 aliphatic carbocycles. The minimum absolute atomic E-state index is 0.625. The van der Waals surface area contributed by atoms with E-state index >= 15 is 0 Å². The fourth-order valence-corrected chi connectivity index (χ4v) is 8.93. The minimum atomic E-state index is -0.722. The van der Waals surface area contributed by atoms with E-state index < -0.39 is 5.41 Å². The van der Waals surface area contributed by atoms with Crippen LogP contribution in [0, 0.1) is 0 Å². The van der Waals surface area contributed by atoms with Gasteiger partial charge in [0.1, 0.15) is 0 Å². The number of hydrogen-bond donors (Lipinski definition) is 0. The number of hydrogen-bond acceptors (Lipinski definition) is 3. The number of benzene rings is 8. The quantitative estimate of drug-likeness (QED) is 0.172. The van der Waals surface area contributed by atoms with Crippen molar-refractivity contribution in [3.63, 3.8) is 0 Å². The van der Waals surface area contributed by atoms with Gasteiger partial charge in [0.25, 0.3) is 0 Å². The van der Waals surface area contributed by atoms with Gasteiger partial charge in [-0.2, -0.15) is 0 Å². The third kappa shape index (κ3) is 4.83. The van der Waals surface area contributed by atoms with Crippen LogP contribution in [0.5, 0.6) is 0 Å². The molecule has 262 valence electrons. The number of rotatable bonds is 6. The summed E-state index contributed by atoms with van der Waals surface area (Å²) in [5, 5.41) is 2.46. The van der Waals surface area contributed by atoms with Crippen LogP contribution in [-0.2, 0) is 5.41 Å². The fraction of sp³-hybridized carbons (Fsp3) is 0.0192. The van der Waals surface area contributed by atoms with Crippen molar-refractivity contribution in [2.75, 3.05) is 0 Å². The zero-order valence-corrected chi connectivity index (χ0v) is 30.4. The average Bonchev–Trinajstić information content (AvgIpc) is 3.63. The Labute approximate surface area is 325 Å². The number of aromatic nitrogens is 4. The summed E-state index contributed by atoms with van der Waals surface area (Å²) in [6.45, 7) is 0. The molecule has 0 spiro atoms. The Morgan fingerprint density at radius 1 is 0.375 bits per heavy atom. The summed E-state index contributed by atoms with van der Waals surface area (Å²) in [4.78, 5) is 15.4. The van der Waals surface area contributed by atoms with Gasteiger partial charge in [-0.05, 0) is 52.1 Å². The zero-order valence-electron chi connectivity index (χ0n) is 30.4. The first-order valence-electron chi connectivity index (χ1n) is 19.0. The summed E-state index contributed by atoms with van der Waals surface area (Å²) in [5.74, 6) is 1.90. The smallest absolute Gasteiger partial charge is 0.164 e. The Morgan fingerprint density at radius 3 is 1.43 bits per heavy atom. The topological polar surface area (TPSA) is 43.6 Å². The van der Waals surface area contributed by atoms with Crippen LogP contribution in [0.15, 0.2) is 206 Å². The summed E-state index contributed by atoms with van der Waals surface area (Å²) in [5.41, 5.74) is 12.8. The van der Waals surface area contributed by atoms with E-state index in [0.29, 0.717) is 17.5 Å². The van der Waals surface area contributed by atoms with Crippen LogP contribution < -0.4 is 0 Å². The molecule has 4 heteroatoms. The van der Waals surface area contributed by atoms with E-state index in [2.05, 4.69) is 174 Å². The van der Waals surface area contributed by atoms with E-state index in [1.54, 1.807) is 0 Å². The Morgan fingerprint density at radius 2 is 0.857 bits per heavy atom. The SMILES string of the molecule is c1ccc(-c2nc(-c3ccccc3)nc(-c3ccc4c(c3)C(c3ccccc3)(c3ccccc3)c3c(-c5ccccc5)ccc5c6ccccc6n-4c35)n2)cc1. The first kappa shape index (κ1) is 32.0. The van der Waals surface area contributed by atoms with Crippen molar-refractivity contribution in [2.24, 2.45) is 0 Å². The van der Waals surface area contributed by atoms with E-state index in [4.69, 9.17) is 15.0 Å². The molecule has 0 N–H and O–H groups in total. The third-order valence-corrected chi connectivity index (χ3v) is 11.3. The largest absolute Gasteiger partial charge is 0.309 e. The van der Waals surface area contributed by atoms with Gasteiger partial charge in [0.15, 0.2) is 17.5 Å². The van der Waals surface area contributed by atoms with Crippen molar-refractivity contribution in [1.82, 2.24) is 19.5 Å². The van der Waals surface area contributed by atoms with Crippen LogP contribution in [0.25, 0.3) is 72.8 Å². The Bertz CT molecular complexity index is 2950. The predicted molar refractivity (Wildman–Crippen MR) is 228 cm³/mol. The lowest BCUT2D eigenvalue weighted by Gasteiger charge is -2.43. The van der Waals surface area contributed by atoms with Gasteiger partial charge in [0.2, 0.25) is 0 Å². The lowest BCUT2D eigenvalue weighted by Crippen LogP contribution is -2.36.